The van der Waals surface area contributed by atoms with Crippen LogP contribution in [0.1, 0.15) is 0 Å². The molecule has 0 spiro atoms. The number of benzene rings is 10. The van der Waals surface area contributed by atoms with Gasteiger partial charge in [0.2, 0.25) is 0 Å². The molecule has 13 rings (SSSR count). The molecule has 0 amide bonds. The fourth-order valence-electron chi connectivity index (χ4n) is 10.6. The molecule has 300 valence electrons. The molecule has 0 aliphatic rings. The maximum Gasteiger partial charge on any atom is 0.179 e. The van der Waals surface area contributed by atoms with Crippen LogP contribution in [0.2, 0.25) is 0 Å². The fraction of sp³-hybridized carbons (Fsp3) is 0. The van der Waals surface area contributed by atoms with Gasteiger partial charge in [0.05, 0.1) is 22.1 Å². The van der Waals surface area contributed by atoms with Crippen LogP contribution in [0.5, 0.6) is 0 Å². The van der Waals surface area contributed by atoms with Crippen LogP contribution in [0.3, 0.4) is 0 Å². The summed E-state index contributed by atoms with van der Waals surface area (Å²) in [7, 11) is -2.92. The summed E-state index contributed by atoms with van der Waals surface area (Å²) in [6, 6.07) is 89.4. The Bertz CT molecular complexity index is 3840. The van der Waals surface area contributed by atoms with E-state index in [4.69, 9.17) is 4.42 Å². The standard InChI is InChI=1S/C60H40N2OSi/c1-4-17-43(18-5-1)61-55-28-13-10-25-49(55)52-37-42(33-36-57(52)61)41-31-34-47(35-32-41)64(45-20-6-2-7-21-45,46-22-8-3-9-23-46)48-24-16-19-44(38-48)62-56-29-14-11-26-50(56)53-40-60-54(39-58(53)62)51-27-12-15-30-59(51)63-60/h1-40H. The van der Waals surface area contributed by atoms with Gasteiger partial charge in [-0.15, -0.1) is 0 Å². The van der Waals surface area contributed by atoms with Crippen LogP contribution >= 0.6 is 0 Å². The van der Waals surface area contributed by atoms with E-state index in [0.717, 1.165) is 33.1 Å². The second-order valence-corrected chi connectivity index (χ2v) is 20.7. The SMILES string of the molecule is c1ccc(-n2c3ccccc3c3cc(-c4ccc([Si](c5ccccc5)(c5ccccc5)c5cccc(-n6c7ccccc7c7cc8oc9ccccc9c8cc76)c5)cc4)ccc32)cc1. The summed E-state index contributed by atoms with van der Waals surface area (Å²) in [5.74, 6) is 0. The Balaban J connectivity index is 1.01. The van der Waals surface area contributed by atoms with Gasteiger partial charge in [-0.25, -0.2) is 0 Å². The van der Waals surface area contributed by atoms with Crippen LogP contribution < -0.4 is 20.7 Å². The van der Waals surface area contributed by atoms with Crippen molar-refractivity contribution in [3.05, 3.63) is 243 Å². The predicted molar refractivity (Wildman–Crippen MR) is 271 cm³/mol. The lowest BCUT2D eigenvalue weighted by molar-refractivity contribution is 0.669. The quantitative estimate of drug-likeness (QED) is 0.116. The van der Waals surface area contributed by atoms with Gasteiger partial charge in [0, 0.05) is 43.7 Å². The molecule has 0 radical (unpaired) electrons. The van der Waals surface area contributed by atoms with E-state index < -0.39 is 8.07 Å². The van der Waals surface area contributed by atoms with Crippen molar-refractivity contribution in [1.82, 2.24) is 9.13 Å². The predicted octanol–water partition coefficient (Wildman–Crippen LogP) is 12.8. The maximum atomic E-state index is 6.42. The molecule has 3 nitrogen and oxygen atoms in total. The van der Waals surface area contributed by atoms with E-state index in [1.54, 1.807) is 0 Å². The first-order chi connectivity index (χ1) is 31.7. The van der Waals surface area contributed by atoms with Crippen molar-refractivity contribution in [1.29, 1.82) is 0 Å². The van der Waals surface area contributed by atoms with E-state index in [2.05, 4.69) is 246 Å². The minimum Gasteiger partial charge on any atom is -0.456 e. The molecule has 0 saturated carbocycles. The molecule has 0 aliphatic carbocycles. The first-order valence-electron chi connectivity index (χ1n) is 22.0. The first kappa shape index (κ1) is 36.5. The third kappa shape index (κ3) is 5.46. The molecule has 0 fully saturated rings. The Morgan fingerprint density at radius 3 is 1.45 bits per heavy atom. The van der Waals surface area contributed by atoms with Crippen molar-refractivity contribution in [2.75, 3.05) is 0 Å². The van der Waals surface area contributed by atoms with Crippen molar-refractivity contribution in [3.8, 4) is 22.5 Å². The van der Waals surface area contributed by atoms with Gasteiger partial charge in [-0.1, -0.05) is 176 Å². The van der Waals surface area contributed by atoms with Crippen LogP contribution in [-0.2, 0) is 0 Å². The van der Waals surface area contributed by atoms with Crippen LogP contribution in [-0.4, -0.2) is 17.2 Å². The molecule has 0 saturated heterocycles. The number of furan rings is 1. The smallest absolute Gasteiger partial charge is 0.179 e. The van der Waals surface area contributed by atoms with Crippen LogP contribution in [0.4, 0.5) is 0 Å². The van der Waals surface area contributed by atoms with Crippen LogP contribution in [0.15, 0.2) is 247 Å². The molecule has 0 atom stereocenters. The number of nitrogens with zero attached hydrogens (tertiary/aromatic N) is 2. The van der Waals surface area contributed by atoms with Crippen molar-refractivity contribution in [2.24, 2.45) is 0 Å². The van der Waals surface area contributed by atoms with E-state index in [0.29, 0.717) is 0 Å². The Morgan fingerprint density at radius 2 is 0.766 bits per heavy atom. The highest BCUT2D eigenvalue weighted by molar-refractivity contribution is 7.19. The average Bonchev–Trinajstić information content (AvgIpc) is 4.02. The van der Waals surface area contributed by atoms with Crippen molar-refractivity contribution in [3.63, 3.8) is 0 Å². The maximum absolute atomic E-state index is 6.42. The largest absolute Gasteiger partial charge is 0.456 e. The van der Waals surface area contributed by atoms with E-state index in [9.17, 15) is 0 Å². The topological polar surface area (TPSA) is 23.0 Å². The normalized spacial score (nSPS) is 12.1. The van der Waals surface area contributed by atoms with E-state index >= 15 is 0 Å². The van der Waals surface area contributed by atoms with Crippen LogP contribution in [0.25, 0.3) is 88.1 Å². The van der Waals surface area contributed by atoms with Gasteiger partial charge in [-0.2, -0.15) is 0 Å². The van der Waals surface area contributed by atoms with Crippen molar-refractivity contribution in [2.45, 2.75) is 0 Å². The van der Waals surface area contributed by atoms with Gasteiger partial charge in [0.1, 0.15) is 11.2 Å². The summed E-state index contributed by atoms with van der Waals surface area (Å²) in [6.07, 6.45) is 0. The Labute approximate surface area is 371 Å². The molecule has 13 aromatic rings. The summed E-state index contributed by atoms with van der Waals surface area (Å²) in [6.45, 7) is 0. The zero-order valence-corrected chi connectivity index (χ0v) is 35.9. The number of para-hydroxylation sites is 4. The molecule has 0 bridgehead atoms. The number of hydrogen-bond acceptors (Lipinski definition) is 1. The lowest BCUT2D eigenvalue weighted by Crippen LogP contribution is -2.74. The summed E-state index contributed by atoms with van der Waals surface area (Å²) >= 11 is 0. The number of fused-ring (bicyclic) bond motifs is 9. The Hall–Kier alpha value is -8.18. The molecule has 4 heteroatoms. The van der Waals surface area contributed by atoms with Crippen molar-refractivity contribution >= 4 is 94.4 Å². The minimum absolute atomic E-state index is 0.909. The average molecular weight is 833 g/mol. The molecule has 0 aliphatic heterocycles. The van der Waals surface area contributed by atoms with Gasteiger partial charge in [0.25, 0.3) is 0 Å². The highest BCUT2D eigenvalue weighted by Gasteiger charge is 2.41. The lowest BCUT2D eigenvalue weighted by Gasteiger charge is -2.35. The molecular formula is C60H40N2OSi. The molecule has 3 heterocycles. The number of hydrogen-bond donors (Lipinski definition) is 0. The monoisotopic (exact) mass is 832 g/mol. The van der Waals surface area contributed by atoms with E-state index in [-0.39, 0.29) is 0 Å². The number of rotatable bonds is 7. The second-order valence-electron chi connectivity index (χ2n) is 16.8. The third-order valence-electron chi connectivity index (χ3n) is 13.5. The highest BCUT2D eigenvalue weighted by atomic mass is 28.3. The molecule has 0 unspecified atom stereocenters. The van der Waals surface area contributed by atoms with Crippen molar-refractivity contribution < 1.29 is 4.42 Å². The van der Waals surface area contributed by atoms with Gasteiger partial charge < -0.3 is 13.6 Å². The highest BCUT2D eigenvalue weighted by Crippen LogP contribution is 2.39. The van der Waals surface area contributed by atoms with Crippen LogP contribution in [0, 0.1) is 0 Å². The Kier molecular flexibility index (Phi) is 8.23. The summed E-state index contributed by atoms with van der Waals surface area (Å²) < 4.78 is 11.3. The lowest BCUT2D eigenvalue weighted by atomic mass is 10.0. The molecule has 0 N–H and O–H groups in total. The Morgan fingerprint density at radius 1 is 0.266 bits per heavy atom. The van der Waals surface area contributed by atoms with Gasteiger partial charge in [0.15, 0.2) is 8.07 Å². The minimum atomic E-state index is -2.92. The van der Waals surface area contributed by atoms with E-state index in [1.807, 2.05) is 6.07 Å². The zero-order chi connectivity index (χ0) is 42.2. The fourth-order valence-corrected chi connectivity index (χ4v) is 15.4. The summed E-state index contributed by atoms with van der Waals surface area (Å²) in [5, 5.41) is 12.5. The summed E-state index contributed by atoms with van der Waals surface area (Å²) in [5.41, 5.74) is 11.3. The summed E-state index contributed by atoms with van der Waals surface area (Å²) in [4.78, 5) is 0. The molecule has 64 heavy (non-hydrogen) atoms. The van der Waals surface area contributed by atoms with E-state index in [1.165, 1.54) is 75.7 Å². The van der Waals surface area contributed by atoms with Gasteiger partial charge >= 0.3 is 0 Å². The van der Waals surface area contributed by atoms with Gasteiger partial charge in [-0.3, -0.25) is 0 Å². The zero-order valence-electron chi connectivity index (χ0n) is 34.9. The first-order valence-corrected chi connectivity index (χ1v) is 24.0. The second kappa shape index (κ2) is 14.5. The van der Waals surface area contributed by atoms with Gasteiger partial charge in [-0.05, 0) is 98.6 Å². The molecule has 10 aromatic carbocycles. The third-order valence-corrected chi connectivity index (χ3v) is 18.2. The molecular weight excluding hydrogens is 793 g/mol. The number of aromatic nitrogens is 2. The molecule has 3 aromatic heterocycles.